The van der Waals surface area contributed by atoms with Crippen LogP contribution in [0, 0.1) is 13.8 Å². The van der Waals surface area contributed by atoms with Crippen LogP contribution in [0.2, 0.25) is 0 Å². The Morgan fingerprint density at radius 2 is 1.77 bits per heavy atom. The van der Waals surface area contributed by atoms with Gasteiger partial charge in [-0.05, 0) is 43.5 Å². The quantitative estimate of drug-likeness (QED) is 0.641. The van der Waals surface area contributed by atoms with Crippen LogP contribution >= 0.6 is 0 Å². The first-order chi connectivity index (χ1) is 14.2. The van der Waals surface area contributed by atoms with Crippen molar-refractivity contribution in [2.45, 2.75) is 32.9 Å². The normalized spacial score (nSPS) is 17.9. The Kier molecular flexibility index (Phi) is 5.24. The van der Waals surface area contributed by atoms with Crippen LogP contribution in [0.25, 0.3) is 11.0 Å². The minimum Gasteiger partial charge on any atom is -0.451 e. The van der Waals surface area contributed by atoms with Gasteiger partial charge in [0, 0.05) is 18.7 Å². The van der Waals surface area contributed by atoms with Crippen molar-refractivity contribution >= 4 is 26.7 Å². The maximum absolute atomic E-state index is 13.4. The highest BCUT2D eigenvalue weighted by molar-refractivity contribution is 7.91. The molecule has 1 amide bonds. The lowest BCUT2D eigenvalue weighted by atomic mass is 10.1. The Morgan fingerprint density at radius 3 is 2.43 bits per heavy atom. The summed E-state index contributed by atoms with van der Waals surface area (Å²) < 4.78 is 29.9. The number of hydrogen-bond donors (Lipinski definition) is 0. The fourth-order valence-corrected chi connectivity index (χ4v) is 5.52. The smallest absolute Gasteiger partial charge is 0.290 e. The summed E-state index contributed by atoms with van der Waals surface area (Å²) in [6.45, 7) is 4.10. The zero-order chi connectivity index (χ0) is 21.5. The number of carbonyl (C=O) groups excluding carboxylic acids is 1. The van der Waals surface area contributed by atoms with E-state index >= 15 is 0 Å². The molecule has 7 heteroatoms. The summed E-state index contributed by atoms with van der Waals surface area (Å²) in [6, 6.07) is 13.7. The Balaban J connectivity index is 1.74. The van der Waals surface area contributed by atoms with Crippen molar-refractivity contribution in [1.29, 1.82) is 0 Å². The standard InChI is InChI=1S/C23H23NO5S/c1-15-3-6-17(7-4-15)13-24(18-9-10-30(27,28)14-18)23(26)22-12-20(25)19-8-5-16(2)11-21(19)29-22/h3-8,11-12,18H,9-10,13-14H2,1-2H3/t18-/m0/s1. The third-order valence-corrected chi connectivity index (χ3v) is 7.23. The lowest BCUT2D eigenvalue weighted by Crippen LogP contribution is -2.40. The third-order valence-electron chi connectivity index (χ3n) is 5.48. The van der Waals surface area contributed by atoms with Gasteiger partial charge in [0.15, 0.2) is 21.0 Å². The number of carbonyl (C=O) groups is 1. The Labute approximate surface area is 175 Å². The lowest BCUT2D eigenvalue weighted by molar-refractivity contribution is 0.0648. The van der Waals surface area contributed by atoms with Crippen LogP contribution in [-0.4, -0.2) is 36.8 Å². The Hall–Kier alpha value is -2.93. The van der Waals surface area contributed by atoms with Gasteiger partial charge in [-0.1, -0.05) is 35.9 Å². The molecule has 2 heterocycles. The molecule has 0 N–H and O–H groups in total. The van der Waals surface area contributed by atoms with E-state index in [-0.39, 0.29) is 29.2 Å². The highest BCUT2D eigenvalue weighted by Gasteiger charge is 2.36. The maximum atomic E-state index is 13.4. The largest absolute Gasteiger partial charge is 0.451 e. The molecule has 1 saturated heterocycles. The van der Waals surface area contributed by atoms with Gasteiger partial charge < -0.3 is 9.32 Å². The van der Waals surface area contributed by atoms with E-state index in [1.807, 2.05) is 44.2 Å². The van der Waals surface area contributed by atoms with Gasteiger partial charge >= 0.3 is 0 Å². The van der Waals surface area contributed by atoms with Gasteiger partial charge in [0.25, 0.3) is 5.91 Å². The molecule has 1 aliphatic rings. The van der Waals surface area contributed by atoms with Gasteiger partial charge in [-0.2, -0.15) is 0 Å². The summed E-state index contributed by atoms with van der Waals surface area (Å²) in [6.07, 6.45) is 0.372. The number of benzene rings is 2. The van der Waals surface area contributed by atoms with Crippen molar-refractivity contribution in [3.05, 3.63) is 81.2 Å². The van der Waals surface area contributed by atoms with Crippen LogP contribution in [0.4, 0.5) is 0 Å². The molecule has 0 aliphatic carbocycles. The molecule has 1 aromatic heterocycles. The molecule has 1 aliphatic heterocycles. The summed E-state index contributed by atoms with van der Waals surface area (Å²) in [5, 5.41) is 0.408. The van der Waals surface area contributed by atoms with Crippen molar-refractivity contribution in [1.82, 2.24) is 4.90 Å². The fraction of sp³-hybridized carbons (Fsp3) is 0.304. The number of sulfone groups is 1. The van der Waals surface area contributed by atoms with Crippen LogP contribution in [0.5, 0.6) is 0 Å². The molecule has 0 spiro atoms. The molecule has 6 nitrogen and oxygen atoms in total. The molecule has 156 valence electrons. The second-order valence-corrected chi connectivity index (χ2v) is 10.2. The van der Waals surface area contributed by atoms with Crippen LogP contribution in [-0.2, 0) is 16.4 Å². The highest BCUT2D eigenvalue weighted by atomic mass is 32.2. The summed E-state index contributed by atoms with van der Waals surface area (Å²) >= 11 is 0. The van der Waals surface area contributed by atoms with Crippen LogP contribution in [0.1, 0.15) is 33.7 Å². The van der Waals surface area contributed by atoms with E-state index in [1.54, 1.807) is 12.1 Å². The Morgan fingerprint density at radius 1 is 1.07 bits per heavy atom. The van der Waals surface area contributed by atoms with E-state index in [1.165, 1.54) is 11.0 Å². The summed E-state index contributed by atoms with van der Waals surface area (Å²) in [5.41, 5.74) is 2.94. The zero-order valence-electron chi connectivity index (χ0n) is 16.9. The summed E-state index contributed by atoms with van der Waals surface area (Å²) in [4.78, 5) is 27.4. The summed E-state index contributed by atoms with van der Waals surface area (Å²) in [7, 11) is -3.19. The van der Waals surface area contributed by atoms with Crippen molar-refractivity contribution in [2.24, 2.45) is 0 Å². The average molecular weight is 426 g/mol. The van der Waals surface area contributed by atoms with E-state index in [4.69, 9.17) is 4.42 Å². The van der Waals surface area contributed by atoms with Gasteiger partial charge in [0.05, 0.1) is 16.9 Å². The first kappa shape index (κ1) is 20.3. The predicted molar refractivity (Wildman–Crippen MR) is 115 cm³/mol. The van der Waals surface area contributed by atoms with Crippen molar-refractivity contribution in [2.75, 3.05) is 11.5 Å². The average Bonchev–Trinajstić information content (AvgIpc) is 3.06. The fourth-order valence-electron chi connectivity index (χ4n) is 3.79. The van der Waals surface area contributed by atoms with E-state index < -0.39 is 21.8 Å². The van der Waals surface area contributed by atoms with Crippen molar-refractivity contribution < 1.29 is 17.6 Å². The predicted octanol–water partition coefficient (Wildman–Crippen LogP) is 3.24. The second-order valence-electron chi connectivity index (χ2n) is 7.95. The molecular formula is C23H23NO5S. The van der Waals surface area contributed by atoms with E-state index in [2.05, 4.69) is 0 Å². The topological polar surface area (TPSA) is 84.7 Å². The summed E-state index contributed by atoms with van der Waals surface area (Å²) in [5.74, 6) is -0.578. The van der Waals surface area contributed by atoms with Crippen LogP contribution < -0.4 is 5.43 Å². The maximum Gasteiger partial charge on any atom is 0.290 e. The SMILES string of the molecule is Cc1ccc(CN(C(=O)c2cc(=O)c3ccc(C)cc3o2)[C@H]2CCS(=O)(=O)C2)cc1. The van der Waals surface area contributed by atoms with Gasteiger partial charge in [-0.15, -0.1) is 0 Å². The molecule has 1 atom stereocenters. The number of amides is 1. The molecular weight excluding hydrogens is 402 g/mol. The molecule has 0 saturated carbocycles. The van der Waals surface area contributed by atoms with E-state index in [0.29, 0.717) is 17.4 Å². The molecule has 30 heavy (non-hydrogen) atoms. The Bertz CT molecular complexity index is 1280. The molecule has 0 bridgehead atoms. The van der Waals surface area contributed by atoms with Crippen molar-refractivity contribution in [3.63, 3.8) is 0 Å². The zero-order valence-corrected chi connectivity index (χ0v) is 17.7. The number of nitrogens with zero attached hydrogens (tertiary/aromatic N) is 1. The minimum absolute atomic E-state index is 0.0518. The second kappa shape index (κ2) is 7.72. The highest BCUT2D eigenvalue weighted by Crippen LogP contribution is 2.23. The molecule has 4 rings (SSSR count). The van der Waals surface area contributed by atoms with E-state index in [0.717, 1.165) is 16.7 Å². The van der Waals surface area contributed by atoms with Gasteiger partial charge in [0.1, 0.15) is 5.58 Å². The third kappa shape index (κ3) is 4.16. The van der Waals surface area contributed by atoms with Crippen LogP contribution in [0.3, 0.4) is 0 Å². The first-order valence-electron chi connectivity index (χ1n) is 9.83. The number of fused-ring (bicyclic) bond motifs is 1. The molecule has 2 aromatic carbocycles. The molecule has 1 fully saturated rings. The number of rotatable bonds is 4. The lowest BCUT2D eigenvalue weighted by Gasteiger charge is -2.28. The first-order valence-corrected chi connectivity index (χ1v) is 11.7. The monoisotopic (exact) mass is 425 g/mol. The molecule has 3 aromatic rings. The van der Waals surface area contributed by atoms with Gasteiger partial charge in [0.2, 0.25) is 0 Å². The van der Waals surface area contributed by atoms with Crippen LogP contribution in [0.15, 0.2) is 57.7 Å². The van der Waals surface area contributed by atoms with E-state index in [9.17, 15) is 18.0 Å². The number of aryl methyl sites for hydroxylation is 2. The van der Waals surface area contributed by atoms with Gasteiger partial charge in [-0.25, -0.2) is 8.42 Å². The molecule has 0 unspecified atom stereocenters. The minimum atomic E-state index is -3.19. The number of hydrogen-bond acceptors (Lipinski definition) is 5. The van der Waals surface area contributed by atoms with Crippen molar-refractivity contribution in [3.8, 4) is 0 Å². The molecule has 0 radical (unpaired) electrons. The van der Waals surface area contributed by atoms with Gasteiger partial charge in [-0.3, -0.25) is 9.59 Å².